The topological polar surface area (TPSA) is 66.8 Å². The van der Waals surface area contributed by atoms with E-state index in [0.717, 1.165) is 37.5 Å². The molecule has 3 heterocycles. The minimum absolute atomic E-state index is 0.600. The highest BCUT2D eigenvalue weighted by Gasteiger charge is 2.20. The quantitative estimate of drug-likeness (QED) is 0.765. The van der Waals surface area contributed by atoms with Gasteiger partial charge in [0.05, 0.1) is 0 Å². The van der Waals surface area contributed by atoms with Crippen LogP contribution in [-0.2, 0) is 0 Å². The third kappa shape index (κ3) is 3.49. The molecule has 0 radical (unpaired) electrons. The first-order chi connectivity index (χ1) is 12.2. The summed E-state index contributed by atoms with van der Waals surface area (Å²) < 4.78 is 0. The van der Waals surface area contributed by atoms with Crippen LogP contribution in [-0.4, -0.2) is 33.0 Å². The average Bonchev–Trinajstić information content (AvgIpc) is 2.64. The average molecular weight is 355 g/mol. The molecule has 2 aromatic heterocycles. The van der Waals surface area contributed by atoms with E-state index in [1.807, 2.05) is 24.3 Å². The van der Waals surface area contributed by atoms with Crippen LogP contribution in [0.4, 0.5) is 17.5 Å². The van der Waals surface area contributed by atoms with Gasteiger partial charge in [-0.25, -0.2) is 9.97 Å². The molecule has 25 heavy (non-hydrogen) atoms. The predicted octanol–water partition coefficient (Wildman–Crippen LogP) is 4.05. The molecule has 0 unspecified atom stereocenters. The van der Waals surface area contributed by atoms with Gasteiger partial charge in [-0.3, -0.25) is 0 Å². The van der Waals surface area contributed by atoms with Crippen LogP contribution in [0.2, 0.25) is 5.02 Å². The van der Waals surface area contributed by atoms with Gasteiger partial charge < -0.3 is 10.2 Å². The van der Waals surface area contributed by atoms with E-state index in [2.05, 4.69) is 32.1 Å². The fourth-order valence-electron chi connectivity index (χ4n) is 2.96. The molecule has 6 nitrogen and oxygen atoms in total. The number of fused-ring (bicyclic) bond motifs is 1. The van der Waals surface area contributed by atoms with Gasteiger partial charge in [0.1, 0.15) is 0 Å². The van der Waals surface area contributed by atoms with Gasteiger partial charge >= 0.3 is 0 Å². The molecule has 3 aromatic rings. The number of halogens is 1. The Hall–Kier alpha value is -2.47. The van der Waals surface area contributed by atoms with Crippen molar-refractivity contribution in [2.45, 2.75) is 19.8 Å². The molecule has 7 heteroatoms. The molecule has 1 saturated heterocycles. The number of benzene rings is 1. The van der Waals surface area contributed by atoms with Crippen molar-refractivity contribution >= 4 is 40.2 Å². The minimum Gasteiger partial charge on any atom is -0.341 e. The molecular formula is C18H19ClN6. The van der Waals surface area contributed by atoms with Gasteiger partial charge in [0.2, 0.25) is 5.95 Å². The molecule has 1 aliphatic heterocycles. The number of aromatic nitrogens is 4. The third-order valence-corrected chi connectivity index (χ3v) is 4.75. The fourth-order valence-corrected chi connectivity index (χ4v) is 3.09. The molecule has 0 saturated carbocycles. The monoisotopic (exact) mass is 354 g/mol. The van der Waals surface area contributed by atoms with E-state index in [1.54, 1.807) is 12.4 Å². The number of rotatable bonds is 3. The first-order valence-corrected chi connectivity index (χ1v) is 8.83. The second kappa shape index (κ2) is 6.80. The van der Waals surface area contributed by atoms with E-state index in [4.69, 9.17) is 16.6 Å². The maximum Gasteiger partial charge on any atom is 0.229 e. The molecule has 0 aliphatic carbocycles. The minimum atomic E-state index is 0.600. The van der Waals surface area contributed by atoms with Crippen molar-refractivity contribution in [1.29, 1.82) is 0 Å². The van der Waals surface area contributed by atoms with E-state index in [0.29, 0.717) is 28.0 Å². The molecule has 1 aliphatic rings. The third-order valence-electron chi connectivity index (χ3n) is 4.49. The zero-order valence-electron chi connectivity index (χ0n) is 14.0. The Labute approximate surface area is 151 Å². The normalized spacial score (nSPS) is 15.5. The lowest BCUT2D eigenvalue weighted by atomic mass is 10.00. The molecule has 1 aromatic carbocycles. The summed E-state index contributed by atoms with van der Waals surface area (Å²) in [6, 6.07) is 7.50. The maximum absolute atomic E-state index is 5.97. The van der Waals surface area contributed by atoms with Crippen molar-refractivity contribution in [2.75, 3.05) is 23.3 Å². The lowest BCUT2D eigenvalue weighted by Crippen LogP contribution is -2.34. The van der Waals surface area contributed by atoms with Crippen LogP contribution in [0.5, 0.6) is 0 Å². The standard InChI is InChI=1S/C18H19ClN6/c1-12-6-10-25(11-7-12)18-23-16-15(20-8-9-21-16)17(24-18)22-14-4-2-13(19)3-5-14/h2-5,8-9,12H,6-7,10-11H2,1H3,(H,21,22,23,24). The van der Waals surface area contributed by atoms with E-state index < -0.39 is 0 Å². The smallest absolute Gasteiger partial charge is 0.229 e. The van der Waals surface area contributed by atoms with E-state index in [9.17, 15) is 0 Å². The van der Waals surface area contributed by atoms with E-state index >= 15 is 0 Å². The summed E-state index contributed by atoms with van der Waals surface area (Å²) in [7, 11) is 0. The van der Waals surface area contributed by atoms with Gasteiger partial charge in [0, 0.05) is 36.2 Å². The molecule has 1 fully saturated rings. The molecule has 0 atom stereocenters. The van der Waals surface area contributed by atoms with Crippen LogP contribution in [0, 0.1) is 5.92 Å². The summed E-state index contributed by atoms with van der Waals surface area (Å²) in [5.41, 5.74) is 2.16. The van der Waals surface area contributed by atoms with E-state index in [1.165, 1.54) is 0 Å². The number of hydrogen-bond acceptors (Lipinski definition) is 6. The first kappa shape index (κ1) is 16.0. The summed E-state index contributed by atoms with van der Waals surface area (Å²) in [5, 5.41) is 4.02. The number of nitrogens with zero attached hydrogens (tertiary/aromatic N) is 5. The first-order valence-electron chi connectivity index (χ1n) is 8.45. The van der Waals surface area contributed by atoms with Gasteiger partial charge in [0.15, 0.2) is 17.0 Å². The lowest BCUT2D eigenvalue weighted by molar-refractivity contribution is 0.435. The van der Waals surface area contributed by atoms with Crippen LogP contribution >= 0.6 is 11.6 Å². The van der Waals surface area contributed by atoms with Crippen molar-refractivity contribution in [2.24, 2.45) is 5.92 Å². The number of piperidine rings is 1. The molecule has 0 spiro atoms. The fraction of sp³-hybridized carbons (Fsp3) is 0.333. The predicted molar refractivity (Wildman–Crippen MR) is 100 cm³/mol. The second-order valence-corrected chi connectivity index (χ2v) is 6.84. The Morgan fingerprint density at radius 3 is 2.52 bits per heavy atom. The maximum atomic E-state index is 5.97. The van der Waals surface area contributed by atoms with Gasteiger partial charge in [-0.2, -0.15) is 9.97 Å². The lowest BCUT2D eigenvalue weighted by Gasteiger charge is -2.30. The Bertz CT molecular complexity index is 874. The number of hydrogen-bond donors (Lipinski definition) is 1. The summed E-state index contributed by atoms with van der Waals surface area (Å²) in [6.45, 7) is 4.22. The van der Waals surface area contributed by atoms with Crippen LogP contribution in [0.1, 0.15) is 19.8 Å². The molecular weight excluding hydrogens is 336 g/mol. The van der Waals surface area contributed by atoms with Gasteiger partial charge in [-0.15, -0.1) is 0 Å². The Morgan fingerprint density at radius 2 is 1.76 bits per heavy atom. The van der Waals surface area contributed by atoms with Gasteiger partial charge in [-0.1, -0.05) is 18.5 Å². The zero-order chi connectivity index (χ0) is 17.2. The second-order valence-electron chi connectivity index (χ2n) is 6.40. The van der Waals surface area contributed by atoms with Gasteiger partial charge in [0.25, 0.3) is 0 Å². The highest BCUT2D eigenvalue weighted by Crippen LogP contribution is 2.26. The molecule has 0 bridgehead atoms. The van der Waals surface area contributed by atoms with Crippen molar-refractivity contribution in [3.63, 3.8) is 0 Å². The van der Waals surface area contributed by atoms with Crippen LogP contribution < -0.4 is 10.2 Å². The zero-order valence-corrected chi connectivity index (χ0v) is 14.7. The summed E-state index contributed by atoms with van der Waals surface area (Å²) in [5.74, 6) is 2.12. The molecule has 128 valence electrons. The number of nitrogens with one attached hydrogen (secondary N) is 1. The van der Waals surface area contributed by atoms with Crippen LogP contribution in [0.25, 0.3) is 11.2 Å². The molecule has 0 amide bonds. The Balaban J connectivity index is 1.72. The molecule has 1 N–H and O–H groups in total. The molecule has 4 rings (SSSR count). The highest BCUT2D eigenvalue weighted by atomic mass is 35.5. The van der Waals surface area contributed by atoms with Crippen molar-refractivity contribution in [3.8, 4) is 0 Å². The van der Waals surface area contributed by atoms with E-state index in [-0.39, 0.29) is 0 Å². The summed E-state index contributed by atoms with van der Waals surface area (Å²) in [4.78, 5) is 20.3. The van der Waals surface area contributed by atoms with Gasteiger partial charge in [-0.05, 0) is 43.0 Å². The van der Waals surface area contributed by atoms with Crippen LogP contribution in [0.3, 0.4) is 0 Å². The highest BCUT2D eigenvalue weighted by molar-refractivity contribution is 6.30. The SMILES string of the molecule is CC1CCN(c2nc(Nc3ccc(Cl)cc3)c3nccnc3n2)CC1. The summed E-state index contributed by atoms with van der Waals surface area (Å²) in [6.07, 6.45) is 5.62. The van der Waals surface area contributed by atoms with Crippen molar-refractivity contribution in [3.05, 3.63) is 41.7 Å². The summed E-state index contributed by atoms with van der Waals surface area (Å²) >= 11 is 5.97. The van der Waals surface area contributed by atoms with Crippen molar-refractivity contribution in [1.82, 2.24) is 19.9 Å². The Morgan fingerprint density at radius 1 is 1.04 bits per heavy atom. The largest absolute Gasteiger partial charge is 0.341 e. The Kier molecular flexibility index (Phi) is 4.36. The number of anilines is 3. The van der Waals surface area contributed by atoms with Crippen molar-refractivity contribution < 1.29 is 0 Å². The van der Waals surface area contributed by atoms with Crippen LogP contribution in [0.15, 0.2) is 36.7 Å².